The van der Waals surface area contributed by atoms with Gasteiger partial charge in [-0.1, -0.05) is 0 Å². The summed E-state index contributed by atoms with van der Waals surface area (Å²) in [6.07, 6.45) is 1.99. The minimum Gasteiger partial charge on any atom is -0.854 e. The van der Waals surface area contributed by atoms with E-state index in [4.69, 9.17) is 9.47 Å². The summed E-state index contributed by atoms with van der Waals surface area (Å²) in [5.41, 5.74) is 0. The summed E-state index contributed by atoms with van der Waals surface area (Å²) >= 11 is 0. The van der Waals surface area contributed by atoms with Gasteiger partial charge in [0.1, 0.15) is 0 Å². The smallest absolute Gasteiger partial charge is 0.854 e. The number of rotatable bonds is 10. The van der Waals surface area contributed by atoms with Crippen molar-refractivity contribution in [3.8, 4) is 0 Å². The molecule has 6 heteroatoms. The van der Waals surface area contributed by atoms with Gasteiger partial charge in [-0.2, -0.15) is 0 Å². The van der Waals surface area contributed by atoms with E-state index in [0.29, 0.717) is 39.3 Å². The zero-order valence-corrected chi connectivity index (χ0v) is 16.2. The van der Waals surface area contributed by atoms with E-state index in [9.17, 15) is 10.2 Å². The minimum absolute atomic E-state index is 0. The van der Waals surface area contributed by atoms with E-state index in [1.165, 1.54) is 0 Å². The maximum absolute atomic E-state index is 10.0. The second kappa shape index (κ2) is 22.3. The van der Waals surface area contributed by atoms with E-state index in [1.807, 2.05) is 0 Å². The van der Waals surface area contributed by atoms with Crippen LogP contribution in [0.25, 0.3) is 0 Å². The third-order valence-corrected chi connectivity index (χ3v) is 1.44. The van der Waals surface area contributed by atoms with Crippen LogP contribution in [0.1, 0.15) is 19.3 Å². The number of hydrogen-bond donors (Lipinski definition) is 0. The Morgan fingerprint density at radius 1 is 0.600 bits per heavy atom. The molecule has 0 aliphatic rings. The van der Waals surface area contributed by atoms with Crippen LogP contribution in [0.4, 0.5) is 0 Å². The first kappa shape index (κ1) is 23.2. The molecule has 0 aliphatic carbocycles. The summed E-state index contributed by atoms with van der Waals surface area (Å²) in [4.78, 5) is 0. The van der Waals surface area contributed by atoms with Crippen LogP contribution in [0.2, 0.25) is 0 Å². The Morgan fingerprint density at radius 3 is 1.27 bits per heavy atom. The van der Waals surface area contributed by atoms with Gasteiger partial charge in [-0.05, 0) is 19.3 Å². The van der Waals surface area contributed by atoms with Gasteiger partial charge >= 0.3 is 103 Å². The fraction of sp³-hybridized carbons (Fsp3) is 1.00. The Bertz CT molecular complexity index is 86.2. The molecule has 15 heavy (non-hydrogen) atoms. The summed E-state index contributed by atoms with van der Waals surface area (Å²) < 4.78 is 10.3. The zero-order valence-electron chi connectivity index (χ0n) is 10.00. The second-order valence-corrected chi connectivity index (χ2v) is 2.69. The van der Waals surface area contributed by atoms with Crippen LogP contribution in [0.15, 0.2) is 0 Å². The molecule has 0 radical (unpaired) electrons. The quantitative estimate of drug-likeness (QED) is 0.292. The van der Waals surface area contributed by atoms with Gasteiger partial charge in [0.05, 0.1) is 0 Å². The predicted molar refractivity (Wildman–Crippen MR) is 45.2 cm³/mol. The fourth-order valence-corrected chi connectivity index (χ4v) is 0.789. The summed E-state index contributed by atoms with van der Waals surface area (Å²) in [6.45, 7) is 2.23. The van der Waals surface area contributed by atoms with E-state index in [2.05, 4.69) is 0 Å². The van der Waals surface area contributed by atoms with Crippen molar-refractivity contribution in [2.75, 3.05) is 39.6 Å². The Labute approximate surface area is 177 Å². The van der Waals surface area contributed by atoms with Crippen LogP contribution in [0, 0.1) is 0 Å². The molecule has 0 unspecified atom stereocenters. The molecule has 0 bridgehead atoms. The summed E-state index contributed by atoms with van der Waals surface area (Å²) in [5, 5.41) is 20.0. The molecule has 0 spiro atoms. The van der Waals surface area contributed by atoms with Crippen LogP contribution >= 0.6 is 0 Å². The maximum atomic E-state index is 10.0. The molecule has 0 aromatic heterocycles. The molecular weight excluding hydrogens is 250 g/mol. The van der Waals surface area contributed by atoms with Gasteiger partial charge in [-0.15, -0.1) is 13.2 Å². The van der Waals surface area contributed by atoms with Gasteiger partial charge in [-0.25, -0.2) is 0 Å². The van der Waals surface area contributed by atoms with Gasteiger partial charge in [0.15, 0.2) is 0 Å². The molecule has 4 nitrogen and oxygen atoms in total. The SMILES string of the molecule is [K+].[K+].[O-]CCCOCCCOCCC[O-]. The normalized spacial score (nSPS) is 9.20. The largest absolute Gasteiger partial charge is 1.00 e. The molecule has 0 aliphatic heterocycles. The van der Waals surface area contributed by atoms with Gasteiger partial charge < -0.3 is 19.7 Å². The van der Waals surface area contributed by atoms with Crippen molar-refractivity contribution < 1.29 is 122 Å². The van der Waals surface area contributed by atoms with Crippen LogP contribution < -0.4 is 113 Å². The molecule has 0 rings (SSSR count). The molecule has 0 saturated carbocycles. The molecule has 0 aromatic carbocycles. The Hall–Kier alpha value is 3.11. The molecule has 0 atom stereocenters. The van der Waals surface area contributed by atoms with Gasteiger partial charge in [0.25, 0.3) is 0 Å². The van der Waals surface area contributed by atoms with Gasteiger partial charge in [-0.3, -0.25) is 0 Å². The monoisotopic (exact) mass is 268 g/mol. The van der Waals surface area contributed by atoms with E-state index in [-0.39, 0.29) is 116 Å². The maximum Gasteiger partial charge on any atom is 1.00 e. The van der Waals surface area contributed by atoms with Crippen molar-refractivity contribution >= 4 is 0 Å². The standard InChI is InChI=1S/C9H18O4.2K/c10-4-1-6-12-8-3-9-13-7-2-5-11;;/h1-9H2;;/q-2;2*+1. The molecule has 0 fully saturated rings. The molecule has 0 aromatic rings. The molecule has 80 valence electrons. The Balaban J connectivity index is -0.000000720. The van der Waals surface area contributed by atoms with Crippen LogP contribution in [-0.4, -0.2) is 39.6 Å². The van der Waals surface area contributed by atoms with Crippen LogP contribution in [-0.2, 0) is 9.47 Å². The van der Waals surface area contributed by atoms with E-state index in [1.54, 1.807) is 0 Å². The molecule has 0 amide bonds. The van der Waals surface area contributed by atoms with E-state index in [0.717, 1.165) is 6.42 Å². The summed E-state index contributed by atoms with van der Waals surface area (Å²) in [6, 6.07) is 0. The van der Waals surface area contributed by atoms with Crippen molar-refractivity contribution in [3.05, 3.63) is 0 Å². The average Bonchev–Trinajstić information content (AvgIpc) is 2.16. The Kier molecular flexibility index (Phi) is 34.5. The van der Waals surface area contributed by atoms with Gasteiger partial charge in [0, 0.05) is 26.4 Å². The third-order valence-electron chi connectivity index (χ3n) is 1.44. The third kappa shape index (κ3) is 22.7. The zero-order chi connectivity index (χ0) is 9.78. The van der Waals surface area contributed by atoms with Crippen LogP contribution in [0.3, 0.4) is 0 Å². The molecule has 0 saturated heterocycles. The molecular formula is C9H18K2O4. The average molecular weight is 268 g/mol. The van der Waals surface area contributed by atoms with Crippen molar-refractivity contribution in [1.82, 2.24) is 0 Å². The first-order valence-corrected chi connectivity index (χ1v) is 4.73. The summed E-state index contributed by atoms with van der Waals surface area (Å²) in [5.74, 6) is 0. The second-order valence-electron chi connectivity index (χ2n) is 2.69. The topological polar surface area (TPSA) is 64.6 Å². The Morgan fingerprint density at radius 2 is 0.933 bits per heavy atom. The number of ether oxygens (including phenoxy) is 2. The minimum atomic E-state index is -0.0694. The first-order valence-electron chi connectivity index (χ1n) is 4.73. The van der Waals surface area contributed by atoms with Gasteiger partial charge in [0.2, 0.25) is 0 Å². The van der Waals surface area contributed by atoms with E-state index >= 15 is 0 Å². The van der Waals surface area contributed by atoms with Crippen molar-refractivity contribution in [3.63, 3.8) is 0 Å². The number of hydrogen-bond acceptors (Lipinski definition) is 4. The molecule has 0 heterocycles. The predicted octanol–water partition coefficient (Wildman–Crippen LogP) is -7.08. The van der Waals surface area contributed by atoms with E-state index < -0.39 is 0 Å². The van der Waals surface area contributed by atoms with Crippen molar-refractivity contribution in [2.24, 2.45) is 0 Å². The molecule has 0 N–H and O–H groups in total. The van der Waals surface area contributed by atoms with Crippen molar-refractivity contribution in [1.29, 1.82) is 0 Å². The first-order chi connectivity index (χ1) is 6.41. The fourth-order valence-electron chi connectivity index (χ4n) is 0.789. The van der Waals surface area contributed by atoms with Crippen LogP contribution in [0.5, 0.6) is 0 Å². The summed E-state index contributed by atoms with van der Waals surface area (Å²) in [7, 11) is 0. The van der Waals surface area contributed by atoms with Crippen molar-refractivity contribution in [2.45, 2.75) is 19.3 Å².